The van der Waals surface area contributed by atoms with Gasteiger partial charge in [0.15, 0.2) is 5.82 Å². The van der Waals surface area contributed by atoms with E-state index in [1.54, 1.807) is 0 Å². The number of anilines is 1. The molecule has 0 aliphatic heterocycles. The van der Waals surface area contributed by atoms with Gasteiger partial charge in [-0.25, -0.2) is 4.39 Å². The second-order valence-corrected chi connectivity index (χ2v) is 4.68. The summed E-state index contributed by atoms with van der Waals surface area (Å²) < 4.78 is 13.8. The Balaban J connectivity index is 2.48. The summed E-state index contributed by atoms with van der Waals surface area (Å²) in [5.41, 5.74) is 1.36. The highest BCUT2D eigenvalue weighted by Crippen LogP contribution is 2.26. The van der Waals surface area contributed by atoms with E-state index >= 15 is 0 Å². The zero-order valence-electron chi connectivity index (χ0n) is 10.4. The van der Waals surface area contributed by atoms with Crippen LogP contribution in [-0.4, -0.2) is 11.0 Å². The van der Waals surface area contributed by atoms with Crippen LogP contribution in [0.5, 0.6) is 0 Å². The van der Waals surface area contributed by atoms with E-state index in [0.29, 0.717) is 11.6 Å². The fraction of sp³-hybridized carbons (Fsp3) is 0.357. The van der Waals surface area contributed by atoms with E-state index in [2.05, 4.69) is 31.1 Å². The molecule has 2 rings (SSSR count). The summed E-state index contributed by atoms with van der Waals surface area (Å²) in [5, 5.41) is 4.07. The van der Waals surface area contributed by atoms with Crippen LogP contribution in [0.1, 0.15) is 20.8 Å². The van der Waals surface area contributed by atoms with Gasteiger partial charge in [0.05, 0.1) is 17.4 Å². The van der Waals surface area contributed by atoms with Gasteiger partial charge in [-0.2, -0.15) is 0 Å². The highest BCUT2D eigenvalue weighted by Gasteiger charge is 2.13. The number of para-hydroxylation sites is 1. The summed E-state index contributed by atoms with van der Waals surface area (Å²) in [5.74, 6) is 0.150. The van der Waals surface area contributed by atoms with Crippen molar-refractivity contribution in [1.82, 2.24) is 4.98 Å². The normalized spacial score (nSPS) is 13.0. The Kier molecular flexibility index (Phi) is 3.27. The van der Waals surface area contributed by atoms with Crippen LogP contribution in [0, 0.1) is 11.7 Å². The molecule has 2 aromatic rings. The second-order valence-electron chi connectivity index (χ2n) is 4.68. The molecule has 0 saturated heterocycles. The molecule has 1 atom stereocenters. The van der Waals surface area contributed by atoms with Gasteiger partial charge in [-0.3, -0.25) is 4.98 Å². The van der Waals surface area contributed by atoms with Crippen LogP contribution >= 0.6 is 0 Å². The monoisotopic (exact) mass is 232 g/mol. The Hall–Kier alpha value is -1.64. The van der Waals surface area contributed by atoms with Gasteiger partial charge < -0.3 is 5.32 Å². The lowest BCUT2D eigenvalue weighted by Gasteiger charge is -2.20. The minimum absolute atomic E-state index is 0.218. The quantitative estimate of drug-likeness (QED) is 0.870. The van der Waals surface area contributed by atoms with Crippen molar-refractivity contribution in [1.29, 1.82) is 0 Å². The highest BCUT2D eigenvalue weighted by molar-refractivity contribution is 5.91. The minimum Gasteiger partial charge on any atom is -0.379 e. The van der Waals surface area contributed by atoms with Gasteiger partial charge in [-0.05, 0) is 18.9 Å². The number of pyridine rings is 1. The third-order valence-corrected chi connectivity index (χ3v) is 3.10. The van der Waals surface area contributed by atoms with Crippen molar-refractivity contribution in [2.24, 2.45) is 5.92 Å². The van der Waals surface area contributed by atoms with Gasteiger partial charge in [0.1, 0.15) is 0 Å². The summed E-state index contributed by atoms with van der Waals surface area (Å²) in [6, 6.07) is 7.80. The van der Waals surface area contributed by atoms with Crippen LogP contribution in [0.25, 0.3) is 10.9 Å². The molecule has 1 N–H and O–H groups in total. The molecule has 17 heavy (non-hydrogen) atoms. The number of fused-ring (bicyclic) bond motifs is 1. The zero-order chi connectivity index (χ0) is 12.4. The lowest BCUT2D eigenvalue weighted by atomic mass is 10.1. The lowest BCUT2D eigenvalue weighted by Crippen LogP contribution is -2.22. The first-order chi connectivity index (χ1) is 8.09. The molecule has 1 aromatic carbocycles. The third-order valence-electron chi connectivity index (χ3n) is 3.10. The van der Waals surface area contributed by atoms with Crippen LogP contribution in [0.3, 0.4) is 0 Å². The van der Waals surface area contributed by atoms with Crippen molar-refractivity contribution >= 4 is 16.6 Å². The predicted molar refractivity (Wildman–Crippen MR) is 69.6 cm³/mol. The molecular formula is C14H17FN2. The molecule has 0 unspecified atom stereocenters. The van der Waals surface area contributed by atoms with Gasteiger partial charge in [-0.1, -0.05) is 32.0 Å². The van der Waals surface area contributed by atoms with Gasteiger partial charge >= 0.3 is 0 Å². The maximum absolute atomic E-state index is 13.8. The Morgan fingerprint density at radius 3 is 2.59 bits per heavy atom. The van der Waals surface area contributed by atoms with E-state index in [4.69, 9.17) is 0 Å². The molecule has 0 spiro atoms. The number of nitrogens with zero attached hydrogens (tertiary/aromatic N) is 1. The van der Waals surface area contributed by atoms with Crippen molar-refractivity contribution in [3.63, 3.8) is 0 Å². The number of hydrogen-bond acceptors (Lipinski definition) is 2. The van der Waals surface area contributed by atoms with E-state index in [1.807, 2.05) is 24.3 Å². The number of hydrogen-bond donors (Lipinski definition) is 1. The first-order valence-corrected chi connectivity index (χ1v) is 5.89. The number of aromatic nitrogens is 1. The summed E-state index contributed by atoms with van der Waals surface area (Å²) in [6.45, 7) is 6.28. The molecule has 90 valence electrons. The van der Waals surface area contributed by atoms with Gasteiger partial charge in [0.2, 0.25) is 0 Å². The van der Waals surface area contributed by atoms with Crippen molar-refractivity contribution in [3.8, 4) is 0 Å². The van der Waals surface area contributed by atoms with Crippen molar-refractivity contribution in [3.05, 3.63) is 36.3 Å². The molecular weight excluding hydrogens is 215 g/mol. The topological polar surface area (TPSA) is 24.9 Å². The van der Waals surface area contributed by atoms with Crippen LogP contribution in [-0.2, 0) is 0 Å². The zero-order valence-corrected chi connectivity index (χ0v) is 10.4. The summed E-state index contributed by atoms with van der Waals surface area (Å²) >= 11 is 0. The Morgan fingerprint density at radius 2 is 1.88 bits per heavy atom. The fourth-order valence-corrected chi connectivity index (χ4v) is 1.66. The Bertz CT molecular complexity index is 523. The Morgan fingerprint density at radius 1 is 1.18 bits per heavy atom. The third kappa shape index (κ3) is 2.38. The van der Waals surface area contributed by atoms with Crippen LogP contribution in [0.4, 0.5) is 10.1 Å². The van der Waals surface area contributed by atoms with E-state index in [-0.39, 0.29) is 11.9 Å². The number of benzene rings is 1. The fourth-order valence-electron chi connectivity index (χ4n) is 1.66. The predicted octanol–water partition coefficient (Wildman–Crippen LogP) is 3.83. The van der Waals surface area contributed by atoms with Gasteiger partial charge in [0, 0.05) is 11.4 Å². The second kappa shape index (κ2) is 4.70. The summed E-state index contributed by atoms with van der Waals surface area (Å²) in [7, 11) is 0. The molecule has 0 saturated carbocycles. The molecule has 0 radical (unpaired) electrons. The summed E-state index contributed by atoms with van der Waals surface area (Å²) in [4.78, 5) is 4.08. The van der Waals surface area contributed by atoms with Crippen molar-refractivity contribution in [2.75, 3.05) is 5.32 Å². The average molecular weight is 232 g/mol. The van der Waals surface area contributed by atoms with E-state index in [1.165, 1.54) is 6.20 Å². The summed E-state index contributed by atoms with van der Waals surface area (Å²) in [6.07, 6.45) is 1.28. The molecule has 0 aliphatic rings. The maximum atomic E-state index is 13.8. The highest BCUT2D eigenvalue weighted by atomic mass is 19.1. The van der Waals surface area contributed by atoms with Crippen LogP contribution in [0.2, 0.25) is 0 Å². The lowest BCUT2D eigenvalue weighted by molar-refractivity contribution is 0.552. The number of rotatable bonds is 3. The molecule has 2 nitrogen and oxygen atoms in total. The number of nitrogens with one attached hydrogen (secondary N) is 1. The Labute approximate surface area is 101 Å². The van der Waals surface area contributed by atoms with Crippen molar-refractivity contribution < 1.29 is 4.39 Å². The van der Waals surface area contributed by atoms with Gasteiger partial charge in [0.25, 0.3) is 0 Å². The number of halogens is 1. The molecule has 0 bridgehead atoms. The average Bonchev–Trinajstić information content (AvgIpc) is 2.32. The van der Waals surface area contributed by atoms with E-state index in [0.717, 1.165) is 10.9 Å². The standard InChI is InChI=1S/C14H17FN2/c1-9(2)10(3)17-14-11-6-4-5-7-13(11)16-8-12(14)15/h4-10H,1-3H3,(H,16,17)/t10-/m0/s1. The largest absolute Gasteiger partial charge is 0.379 e. The molecule has 1 heterocycles. The van der Waals surface area contributed by atoms with E-state index < -0.39 is 0 Å². The molecule has 0 amide bonds. The molecule has 0 fully saturated rings. The molecule has 3 heteroatoms. The van der Waals surface area contributed by atoms with E-state index in [9.17, 15) is 4.39 Å². The minimum atomic E-state index is -0.295. The first kappa shape index (κ1) is 11.8. The van der Waals surface area contributed by atoms with Crippen LogP contribution in [0.15, 0.2) is 30.5 Å². The maximum Gasteiger partial charge on any atom is 0.165 e. The van der Waals surface area contributed by atoms with Crippen molar-refractivity contribution in [2.45, 2.75) is 26.8 Å². The van der Waals surface area contributed by atoms with Gasteiger partial charge in [-0.15, -0.1) is 0 Å². The molecule has 0 aliphatic carbocycles. The SMILES string of the molecule is CC(C)[C@H](C)Nc1c(F)cnc2ccccc12. The smallest absolute Gasteiger partial charge is 0.165 e. The van der Waals surface area contributed by atoms with Crippen LogP contribution < -0.4 is 5.32 Å². The molecule has 1 aromatic heterocycles. The first-order valence-electron chi connectivity index (χ1n) is 5.89.